The number of likely N-dealkylation sites (N-methyl/N-ethyl adjacent to an activating group) is 1. The van der Waals surface area contributed by atoms with Gasteiger partial charge in [0.2, 0.25) is 5.91 Å². The minimum Gasteiger partial charge on any atom is -0.544 e. The van der Waals surface area contributed by atoms with Crippen LogP contribution in [0.25, 0.3) is 0 Å². The SMILES string of the molecule is CC1=CC(C)=N[N+]1(C)[C@@H](CC(=O)N1CCCCC1)C(=O)[O-]. The van der Waals surface area contributed by atoms with E-state index in [4.69, 9.17) is 0 Å². The molecule has 1 amide bonds. The Bertz CT molecular complexity index is 506. The number of carboxylic acids is 1. The van der Waals surface area contributed by atoms with Crippen LogP contribution in [0.3, 0.4) is 0 Å². The summed E-state index contributed by atoms with van der Waals surface area (Å²) in [6, 6.07) is -0.979. The number of nitrogens with zero attached hydrogens (tertiary/aromatic N) is 3. The molecule has 1 saturated heterocycles. The van der Waals surface area contributed by atoms with Crippen molar-refractivity contribution in [2.45, 2.75) is 45.6 Å². The molecule has 2 atom stereocenters. The van der Waals surface area contributed by atoms with E-state index in [0.717, 1.165) is 43.8 Å². The number of quaternary nitrogens is 1. The fourth-order valence-corrected chi connectivity index (χ4v) is 3.09. The number of allylic oxidation sites excluding steroid dienone is 2. The highest BCUT2D eigenvalue weighted by molar-refractivity contribution is 5.94. The van der Waals surface area contributed by atoms with Crippen LogP contribution in [0.4, 0.5) is 0 Å². The second kappa shape index (κ2) is 5.97. The van der Waals surface area contributed by atoms with E-state index in [2.05, 4.69) is 5.10 Å². The van der Waals surface area contributed by atoms with Gasteiger partial charge in [-0.1, -0.05) is 5.10 Å². The van der Waals surface area contributed by atoms with E-state index in [1.807, 2.05) is 19.9 Å². The molecule has 2 aliphatic rings. The van der Waals surface area contributed by atoms with Crippen LogP contribution in [0, 0.1) is 0 Å². The van der Waals surface area contributed by atoms with E-state index in [1.165, 1.54) is 0 Å². The number of likely N-dealkylation sites (tertiary alicyclic amines) is 1. The van der Waals surface area contributed by atoms with Crippen LogP contribution in [-0.2, 0) is 9.59 Å². The fraction of sp³-hybridized carbons (Fsp3) is 0.667. The maximum Gasteiger partial charge on any atom is 0.229 e. The van der Waals surface area contributed by atoms with E-state index >= 15 is 0 Å². The third kappa shape index (κ3) is 3.15. The van der Waals surface area contributed by atoms with Crippen molar-refractivity contribution in [1.29, 1.82) is 0 Å². The highest BCUT2D eigenvalue weighted by Gasteiger charge is 2.42. The zero-order valence-corrected chi connectivity index (χ0v) is 13.0. The number of carboxylic acid groups (broad SMARTS) is 1. The third-order valence-corrected chi connectivity index (χ3v) is 4.45. The van der Waals surface area contributed by atoms with E-state index < -0.39 is 12.0 Å². The van der Waals surface area contributed by atoms with Crippen LogP contribution in [0.1, 0.15) is 39.5 Å². The molecule has 21 heavy (non-hydrogen) atoms. The van der Waals surface area contributed by atoms with Gasteiger partial charge in [0, 0.05) is 26.1 Å². The second-order valence-electron chi connectivity index (χ2n) is 6.03. The lowest BCUT2D eigenvalue weighted by Crippen LogP contribution is -2.56. The number of hydrogen-bond acceptors (Lipinski definition) is 4. The van der Waals surface area contributed by atoms with Gasteiger partial charge in [-0.15, -0.1) is 0 Å². The zero-order chi connectivity index (χ0) is 15.6. The van der Waals surface area contributed by atoms with Crippen molar-refractivity contribution in [3.05, 3.63) is 11.8 Å². The molecule has 1 unspecified atom stereocenters. The highest BCUT2D eigenvalue weighted by Crippen LogP contribution is 2.28. The molecule has 0 aliphatic carbocycles. The van der Waals surface area contributed by atoms with Gasteiger partial charge in [-0.2, -0.15) is 4.59 Å². The summed E-state index contributed by atoms with van der Waals surface area (Å²) >= 11 is 0. The molecule has 1 fully saturated rings. The van der Waals surface area contributed by atoms with E-state index in [1.54, 1.807) is 11.9 Å². The van der Waals surface area contributed by atoms with E-state index in [-0.39, 0.29) is 16.9 Å². The van der Waals surface area contributed by atoms with Gasteiger partial charge in [0.15, 0.2) is 6.04 Å². The molecule has 116 valence electrons. The molecule has 6 heteroatoms. The summed E-state index contributed by atoms with van der Waals surface area (Å²) < 4.78 is -0.117. The molecule has 0 aromatic rings. The smallest absolute Gasteiger partial charge is 0.229 e. The van der Waals surface area contributed by atoms with Crippen LogP contribution in [0.15, 0.2) is 16.9 Å². The molecular formula is C15H23N3O3. The number of aliphatic carboxylic acids is 1. The monoisotopic (exact) mass is 293 g/mol. The van der Waals surface area contributed by atoms with Crippen molar-refractivity contribution in [3.63, 3.8) is 0 Å². The summed E-state index contributed by atoms with van der Waals surface area (Å²) in [4.78, 5) is 25.7. The number of carbonyl (C=O) groups is 2. The summed E-state index contributed by atoms with van der Waals surface area (Å²) in [6.07, 6.45) is 4.89. The van der Waals surface area contributed by atoms with Gasteiger partial charge in [-0.3, -0.25) is 4.79 Å². The molecule has 0 aromatic heterocycles. The van der Waals surface area contributed by atoms with Crippen molar-refractivity contribution in [2.24, 2.45) is 5.10 Å². The average molecular weight is 293 g/mol. The number of amides is 1. The van der Waals surface area contributed by atoms with Crippen molar-refractivity contribution < 1.29 is 19.3 Å². The molecule has 2 rings (SSSR count). The van der Waals surface area contributed by atoms with Crippen molar-refractivity contribution >= 4 is 17.6 Å². The number of piperidine rings is 1. The predicted octanol–water partition coefficient (Wildman–Crippen LogP) is 0.247. The van der Waals surface area contributed by atoms with Crippen LogP contribution in [0.2, 0.25) is 0 Å². The molecule has 0 aromatic carbocycles. The molecule has 0 radical (unpaired) electrons. The first-order valence-electron chi connectivity index (χ1n) is 7.45. The van der Waals surface area contributed by atoms with Crippen LogP contribution >= 0.6 is 0 Å². The maximum absolute atomic E-state index is 12.4. The molecule has 6 nitrogen and oxygen atoms in total. The lowest BCUT2D eigenvalue weighted by atomic mass is 10.1. The first kappa shape index (κ1) is 15.7. The zero-order valence-electron chi connectivity index (χ0n) is 13.0. The van der Waals surface area contributed by atoms with Gasteiger partial charge in [-0.25, -0.2) is 0 Å². The molecule has 0 N–H and O–H groups in total. The Hall–Kier alpha value is -1.69. The van der Waals surface area contributed by atoms with Crippen LogP contribution in [0.5, 0.6) is 0 Å². The minimum atomic E-state index is -1.23. The molecule has 0 spiro atoms. The van der Waals surface area contributed by atoms with Gasteiger partial charge in [-0.05, 0) is 26.2 Å². The van der Waals surface area contributed by atoms with Gasteiger partial charge in [0.05, 0.1) is 19.2 Å². The summed E-state index contributed by atoms with van der Waals surface area (Å²) in [5.74, 6) is -1.34. The Balaban J connectivity index is 2.15. The van der Waals surface area contributed by atoms with Gasteiger partial charge in [0.1, 0.15) is 11.7 Å². The molecule has 2 heterocycles. The molecule has 0 bridgehead atoms. The standard InChI is InChI=1S/C15H23N3O3/c1-11-9-12(2)18(3,16-11)13(15(20)21)10-14(19)17-7-5-4-6-8-17/h9,13H,4-8,10H2,1-3H3/t13-,18?/m0/s1. The summed E-state index contributed by atoms with van der Waals surface area (Å²) in [6.45, 7) is 5.10. The Kier molecular flexibility index (Phi) is 4.46. The van der Waals surface area contributed by atoms with Crippen molar-refractivity contribution in [3.8, 4) is 0 Å². The summed E-state index contributed by atoms with van der Waals surface area (Å²) in [5, 5.41) is 16.0. The van der Waals surface area contributed by atoms with Gasteiger partial charge >= 0.3 is 0 Å². The van der Waals surface area contributed by atoms with Crippen molar-refractivity contribution in [2.75, 3.05) is 20.1 Å². The minimum absolute atomic E-state index is 0.0687. The Morgan fingerprint density at radius 1 is 1.33 bits per heavy atom. The average Bonchev–Trinajstić information content (AvgIpc) is 2.70. The molecular weight excluding hydrogens is 270 g/mol. The lowest BCUT2D eigenvalue weighted by molar-refractivity contribution is -0.894. The quantitative estimate of drug-likeness (QED) is 0.697. The van der Waals surface area contributed by atoms with Crippen molar-refractivity contribution in [1.82, 2.24) is 4.90 Å². The van der Waals surface area contributed by atoms with Crippen LogP contribution in [-0.4, -0.2) is 53.3 Å². The lowest BCUT2D eigenvalue weighted by Gasteiger charge is -2.35. The molecule has 2 aliphatic heterocycles. The van der Waals surface area contributed by atoms with Gasteiger partial charge in [0.25, 0.3) is 0 Å². The number of rotatable bonds is 4. The summed E-state index contributed by atoms with van der Waals surface area (Å²) in [5.41, 5.74) is 1.58. The van der Waals surface area contributed by atoms with E-state index in [0.29, 0.717) is 0 Å². The van der Waals surface area contributed by atoms with Crippen LogP contribution < -0.4 is 5.11 Å². The Morgan fingerprint density at radius 3 is 2.43 bits per heavy atom. The Morgan fingerprint density at radius 2 is 1.95 bits per heavy atom. The fourth-order valence-electron chi connectivity index (χ4n) is 3.09. The first-order valence-corrected chi connectivity index (χ1v) is 7.45. The first-order chi connectivity index (χ1) is 9.84. The number of carbonyl (C=O) groups excluding carboxylic acids is 2. The topological polar surface area (TPSA) is 72.8 Å². The maximum atomic E-state index is 12.4. The van der Waals surface area contributed by atoms with E-state index in [9.17, 15) is 14.7 Å². The Labute approximate surface area is 125 Å². The largest absolute Gasteiger partial charge is 0.544 e. The number of hydrogen-bond donors (Lipinski definition) is 0. The predicted molar refractivity (Wildman–Crippen MR) is 76.9 cm³/mol. The normalized spacial score (nSPS) is 27.1. The summed E-state index contributed by atoms with van der Waals surface area (Å²) in [7, 11) is 1.71. The van der Waals surface area contributed by atoms with Gasteiger partial charge < -0.3 is 14.8 Å². The molecule has 0 saturated carbocycles. The highest BCUT2D eigenvalue weighted by atomic mass is 16.4. The second-order valence-corrected chi connectivity index (χ2v) is 6.03. The third-order valence-electron chi connectivity index (χ3n) is 4.45.